The summed E-state index contributed by atoms with van der Waals surface area (Å²) >= 11 is 1.80. The van der Waals surface area contributed by atoms with Gasteiger partial charge in [-0.3, -0.25) is 4.57 Å². The van der Waals surface area contributed by atoms with E-state index < -0.39 is 0 Å². The molecule has 53 heavy (non-hydrogen) atoms. The highest BCUT2D eigenvalue weighted by molar-refractivity contribution is 7.25. The molecular formula is C46H27N5OS. The highest BCUT2D eigenvalue weighted by Gasteiger charge is 2.18. The molecule has 4 heterocycles. The molecule has 7 heteroatoms. The van der Waals surface area contributed by atoms with Crippen LogP contribution in [0.25, 0.3) is 104 Å². The number of oxazole rings is 1. The summed E-state index contributed by atoms with van der Waals surface area (Å²) in [6.45, 7) is 0. The van der Waals surface area contributed by atoms with Crippen molar-refractivity contribution in [2.24, 2.45) is 0 Å². The van der Waals surface area contributed by atoms with E-state index in [0.29, 0.717) is 23.5 Å². The van der Waals surface area contributed by atoms with Crippen LogP contribution < -0.4 is 0 Å². The van der Waals surface area contributed by atoms with Gasteiger partial charge in [0.15, 0.2) is 23.1 Å². The van der Waals surface area contributed by atoms with E-state index in [-0.39, 0.29) is 0 Å². The molecule has 7 aromatic carbocycles. The summed E-state index contributed by atoms with van der Waals surface area (Å²) in [5, 5.41) is 4.80. The molecule has 0 aliphatic heterocycles. The number of benzene rings is 7. The van der Waals surface area contributed by atoms with Crippen molar-refractivity contribution in [3.63, 3.8) is 0 Å². The van der Waals surface area contributed by atoms with Gasteiger partial charge in [0.1, 0.15) is 5.52 Å². The van der Waals surface area contributed by atoms with Crippen molar-refractivity contribution in [1.29, 1.82) is 0 Å². The largest absolute Gasteiger partial charge is 0.423 e. The molecule has 11 rings (SSSR count). The summed E-state index contributed by atoms with van der Waals surface area (Å²) in [5.41, 5.74) is 8.56. The van der Waals surface area contributed by atoms with Crippen LogP contribution in [0.5, 0.6) is 0 Å². The average molecular weight is 698 g/mol. The zero-order valence-electron chi connectivity index (χ0n) is 28.1. The highest BCUT2D eigenvalue weighted by atomic mass is 32.1. The standard InChI is InChI=1S/C46H27N5OS/c1-2-10-29(11-3-1)43-48-44(50-45(49-43)32-23-25-42-36(26-32)35-14-6-9-17-41(35)53-42)30-20-18-28(19-21-30)31-22-24-37-40(27-31)52-46(47-37)51-38-15-7-4-12-33(38)34-13-5-8-16-39(34)51/h1-27H. The number of hydrogen-bond donors (Lipinski definition) is 0. The first-order valence-corrected chi connectivity index (χ1v) is 18.3. The molecule has 0 radical (unpaired) electrons. The molecule has 248 valence electrons. The van der Waals surface area contributed by atoms with Crippen LogP contribution in [0.3, 0.4) is 0 Å². The summed E-state index contributed by atoms with van der Waals surface area (Å²) in [7, 11) is 0. The number of rotatable bonds is 5. The Balaban J connectivity index is 0.973. The van der Waals surface area contributed by atoms with Crippen LogP contribution in [0.15, 0.2) is 168 Å². The fourth-order valence-corrected chi connectivity index (χ4v) is 8.43. The number of para-hydroxylation sites is 2. The van der Waals surface area contributed by atoms with Gasteiger partial charge in [0, 0.05) is 47.6 Å². The van der Waals surface area contributed by atoms with Crippen molar-refractivity contribution >= 4 is 64.4 Å². The van der Waals surface area contributed by atoms with E-state index in [2.05, 4.69) is 120 Å². The van der Waals surface area contributed by atoms with Gasteiger partial charge < -0.3 is 4.42 Å². The second-order valence-corrected chi connectivity index (χ2v) is 14.2. The van der Waals surface area contributed by atoms with Crippen molar-refractivity contribution in [3.05, 3.63) is 164 Å². The zero-order valence-corrected chi connectivity index (χ0v) is 29.0. The van der Waals surface area contributed by atoms with E-state index >= 15 is 0 Å². The molecule has 6 nitrogen and oxygen atoms in total. The lowest BCUT2D eigenvalue weighted by Crippen LogP contribution is -2.00. The van der Waals surface area contributed by atoms with E-state index in [1.807, 2.05) is 48.5 Å². The lowest BCUT2D eigenvalue weighted by molar-refractivity contribution is 0.574. The van der Waals surface area contributed by atoms with Gasteiger partial charge in [-0.25, -0.2) is 15.0 Å². The third-order valence-corrected chi connectivity index (χ3v) is 11.1. The van der Waals surface area contributed by atoms with Crippen molar-refractivity contribution in [3.8, 4) is 51.3 Å². The van der Waals surface area contributed by atoms with Gasteiger partial charge in [-0.15, -0.1) is 11.3 Å². The Morgan fingerprint density at radius 1 is 0.396 bits per heavy atom. The normalized spacial score (nSPS) is 11.8. The van der Waals surface area contributed by atoms with Crippen LogP contribution in [0.1, 0.15) is 0 Å². The summed E-state index contributed by atoms with van der Waals surface area (Å²) in [4.78, 5) is 19.9. The predicted molar refractivity (Wildman–Crippen MR) is 216 cm³/mol. The number of aromatic nitrogens is 5. The van der Waals surface area contributed by atoms with Gasteiger partial charge in [-0.1, -0.05) is 115 Å². The fourth-order valence-electron chi connectivity index (χ4n) is 7.34. The van der Waals surface area contributed by atoms with Crippen LogP contribution in [0, 0.1) is 0 Å². The third-order valence-electron chi connectivity index (χ3n) is 9.93. The van der Waals surface area contributed by atoms with Crippen molar-refractivity contribution in [2.45, 2.75) is 0 Å². The molecule has 0 atom stereocenters. The Morgan fingerprint density at radius 2 is 0.943 bits per heavy atom. The number of hydrogen-bond acceptors (Lipinski definition) is 6. The Bertz CT molecular complexity index is 3120. The van der Waals surface area contributed by atoms with Crippen LogP contribution in [0.4, 0.5) is 0 Å². The van der Waals surface area contributed by atoms with Gasteiger partial charge >= 0.3 is 6.01 Å². The van der Waals surface area contributed by atoms with E-state index in [1.165, 1.54) is 30.9 Å². The van der Waals surface area contributed by atoms with Gasteiger partial charge in [0.25, 0.3) is 0 Å². The molecule has 0 saturated heterocycles. The third kappa shape index (κ3) is 4.93. The summed E-state index contributed by atoms with van der Waals surface area (Å²) in [5.74, 6) is 1.90. The van der Waals surface area contributed by atoms with E-state index in [0.717, 1.165) is 50.0 Å². The topological polar surface area (TPSA) is 69.6 Å². The maximum absolute atomic E-state index is 6.47. The number of nitrogens with zero attached hydrogens (tertiary/aromatic N) is 5. The van der Waals surface area contributed by atoms with Crippen LogP contribution >= 0.6 is 11.3 Å². The van der Waals surface area contributed by atoms with Gasteiger partial charge in [0.2, 0.25) is 0 Å². The van der Waals surface area contributed by atoms with Crippen molar-refractivity contribution in [2.75, 3.05) is 0 Å². The molecule has 0 aliphatic carbocycles. The molecule has 0 saturated carbocycles. The first-order valence-electron chi connectivity index (χ1n) is 17.5. The Hall–Kier alpha value is -6.96. The minimum Gasteiger partial charge on any atom is -0.423 e. The molecular weight excluding hydrogens is 671 g/mol. The minimum atomic E-state index is 0.552. The average Bonchev–Trinajstić information content (AvgIpc) is 3.92. The van der Waals surface area contributed by atoms with Gasteiger partial charge in [0.05, 0.1) is 11.0 Å². The molecule has 0 fully saturated rings. The van der Waals surface area contributed by atoms with E-state index in [9.17, 15) is 0 Å². The van der Waals surface area contributed by atoms with Crippen LogP contribution in [0.2, 0.25) is 0 Å². The van der Waals surface area contributed by atoms with Crippen LogP contribution in [-0.2, 0) is 0 Å². The Morgan fingerprint density at radius 3 is 1.68 bits per heavy atom. The molecule has 0 spiro atoms. The lowest BCUT2D eigenvalue weighted by atomic mass is 10.0. The number of fused-ring (bicyclic) bond motifs is 7. The maximum atomic E-state index is 6.47. The quantitative estimate of drug-likeness (QED) is 0.179. The van der Waals surface area contributed by atoms with E-state index in [4.69, 9.17) is 24.4 Å². The molecule has 0 N–H and O–H groups in total. The fraction of sp³-hybridized carbons (Fsp3) is 0. The smallest absolute Gasteiger partial charge is 0.307 e. The number of thiophene rings is 1. The Kier molecular flexibility index (Phi) is 6.62. The molecule has 0 bridgehead atoms. The minimum absolute atomic E-state index is 0.552. The first kappa shape index (κ1) is 29.7. The maximum Gasteiger partial charge on any atom is 0.307 e. The first-order chi connectivity index (χ1) is 26.2. The Labute approximate surface area is 307 Å². The molecule has 0 unspecified atom stereocenters. The molecule has 4 aromatic heterocycles. The predicted octanol–water partition coefficient (Wildman–Crippen LogP) is 12.1. The monoisotopic (exact) mass is 697 g/mol. The van der Waals surface area contributed by atoms with Gasteiger partial charge in [-0.05, 0) is 59.7 Å². The van der Waals surface area contributed by atoms with Gasteiger partial charge in [-0.2, -0.15) is 4.98 Å². The summed E-state index contributed by atoms with van der Waals surface area (Å²) in [6.07, 6.45) is 0. The second-order valence-electron chi connectivity index (χ2n) is 13.1. The lowest BCUT2D eigenvalue weighted by Gasteiger charge is -2.09. The van der Waals surface area contributed by atoms with Crippen LogP contribution in [-0.4, -0.2) is 24.5 Å². The second kappa shape index (κ2) is 11.8. The summed E-state index contributed by atoms with van der Waals surface area (Å²) in [6, 6.07) is 56.9. The zero-order chi connectivity index (χ0) is 34.9. The molecule has 11 aromatic rings. The van der Waals surface area contributed by atoms with Crippen molar-refractivity contribution < 1.29 is 4.42 Å². The SMILES string of the molecule is c1ccc(-c2nc(-c3ccc(-c4ccc5nc(-n6c7ccccc7c7ccccc76)oc5c4)cc3)nc(-c3ccc4sc5ccccc5c4c3)n2)cc1. The summed E-state index contributed by atoms with van der Waals surface area (Å²) < 4.78 is 11.1. The van der Waals surface area contributed by atoms with E-state index in [1.54, 1.807) is 11.3 Å². The highest BCUT2D eigenvalue weighted by Crippen LogP contribution is 2.37. The molecule has 0 aliphatic rings. The van der Waals surface area contributed by atoms with Crippen molar-refractivity contribution in [1.82, 2.24) is 24.5 Å². The molecule has 0 amide bonds.